The molecule has 3 aliphatic rings. The molecule has 0 radical (unpaired) electrons. The Kier molecular flexibility index (Phi) is 0.961. The standard InChI is InChI=1S/C8H12O/c1-5-6-2-7(4-9)8(5)3-6/h4-8H,2-3H2,1H3. The van der Waals surface area contributed by atoms with Crippen LogP contribution in [0.15, 0.2) is 0 Å². The molecule has 3 aliphatic carbocycles. The maximum absolute atomic E-state index is 10.4. The number of aldehydes is 1. The van der Waals surface area contributed by atoms with Crippen molar-refractivity contribution >= 4 is 6.29 Å². The molecule has 50 valence electrons. The van der Waals surface area contributed by atoms with Crippen LogP contribution in [0.3, 0.4) is 0 Å². The van der Waals surface area contributed by atoms with Crippen molar-refractivity contribution in [3.63, 3.8) is 0 Å². The second kappa shape index (κ2) is 1.59. The summed E-state index contributed by atoms with van der Waals surface area (Å²) in [7, 11) is 0. The molecule has 3 rings (SSSR count). The summed E-state index contributed by atoms with van der Waals surface area (Å²) < 4.78 is 0. The molecule has 0 aromatic rings. The van der Waals surface area contributed by atoms with Gasteiger partial charge in [0, 0.05) is 5.92 Å². The van der Waals surface area contributed by atoms with Gasteiger partial charge in [0.05, 0.1) is 0 Å². The van der Waals surface area contributed by atoms with E-state index in [9.17, 15) is 4.79 Å². The van der Waals surface area contributed by atoms with Gasteiger partial charge in [-0.05, 0) is 30.6 Å². The van der Waals surface area contributed by atoms with Crippen molar-refractivity contribution in [3.8, 4) is 0 Å². The third-order valence-corrected chi connectivity index (χ3v) is 3.29. The fraction of sp³-hybridized carbons (Fsp3) is 0.875. The zero-order chi connectivity index (χ0) is 6.43. The topological polar surface area (TPSA) is 17.1 Å². The van der Waals surface area contributed by atoms with E-state index < -0.39 is 0 Å². The number of fused-ring (bicyclic) bond motifs is 1. The number of hydrogen-bond acceptors (Lipinski definition) is 1. The van der Waals surface area contributed by atoms with Crippen LogP contribution in [-0.2, 0) is 4.79 Å². The van der Waals surface area contributed by atoms with Crippen LogP contribution in [0, 0.1) is 23.7 Å². The first-order chi connectivity index (χ1) is 4.33. The summed E-state index contributed by atoms with van der Waals surface area (Å²) in [5.41, 5.74) is 0. The van der Waals surface area contributed by atoms with Gasteiger partial charge in [0.25, 0.3) is 0 Å². The third-order valence-electron chi connectivity index (χ3n) is 3.29. The molecule has 0 N–H and O–H groups in total. The summed E-state index contributed by atoms with van der Waals surface area (Å²) in [6, 6.07) is 0. The molecule has 0 amide bonds. The van der Waals surface area contributed by atoms with E-state index in [-0.39, 0.29) is 0 Å². The quantitative estimate of drug-likeness (QED) is 0.484. The van der Waals surface area contributed by atoms with Crippen molar-refractivity contribution in [3.05, 3.63) is 0 Å². The van der Waals surface area contributed by atoms with E-state index in [1.165, 1.54) is 12.8 Å². The summed E-state index contributed by atoms with van der Waals surface area (Å²) in [4.78, 5) is 10.4. The van der Waals surface area contributed by atoms with Crippen LogP contribution in [0.2, 0.25) is 0 Å². The average Bonchev–Trinajstić information content (AvgIpc) is 2.40. The van der Waals surface area contributed by atoms with Gasteiger partial charge in [0.1, 0.15) is 6.29 Å². The zero-order valence-electron chi connectivity index (χ0n) is 5.71. The minimum Gasteiger partial charge on any atom is -0.303 e. The molecule has 1 heteroatoms. The van der Waals surface area contributed by atoms with Crippen LogP contribution < -0.4 is 0 Å². The van der Waals surface area contributed by atoms with Gasteiger partial charge in [-0.1, -0.05) is 6.92 Å². The number of carbonyl (C=O) groups is 1. The lowest BCUT2D eigenvalue weighted by atomic mass is 9.72. The van der Waals surface area contributed by atoms with Crippen molar-refractivity contribution in [1.82, 2.24) is 0 Å². The molecule has 0 aliphatic heterocycles. The molecule has 0 aromatic carbocycles. The third kappa shape index (κ3) is 0.525. The van der Waals surface area contributed by atoms with Crippen LogP contribution in [-0.4, -0.2) is 6.29 Å². The van der Waals surface area contributed by atoms with Crippen molar-refractivity contribution in [1.29, 1.82) is 0 Å². The predicted octanol–water partition coefficient (Wildman–Crippen LogP) is 1.48. The lowest BCUT2D eigenvalue weighted by molar-refractivity contribution is -0.112. The van der Waals surface area contributed by atoms with Crippen LogP contribution in [0.1, 0.15) is 19.8 Å². The molecule has 0 saturated heterocycles. The minimum atomic E-state index is 0.435. The van der Waals surface area contributed by atoms with Gasteiger partial charge in [-0.25, -0.2) is 0 Å². The lowest BCUT2D eigenvalue weighted by Gasteiger charge is -2.32. The Morgan fingerprint density at radius 1 is 1.44 bits per heavy atom. The molecule has 4 atom stereocenters. The minimum absolute atomic E-state index is 0.435. The monoisotopic (exact) mass is 124 g/mol. The molecule has 4 unspecified atom stereocenters. The van der Waals surface area contributed by atoms with Gasteiger partial charge in [-0.2, -0.15) is 0 Å². The van der Waals surface area contributed by atoms with Gasteiger partial charge in [-0.3, -0.25) is 0 Å². The van der Waals surface area contributed by atoms with E-state index >= 15 is 0 Å². The fourth-order valence-corrected chi connectivity index (χ4v) is 2.49. The summed E-state index contributed by atoms with van der Waals surface area (Å²) >= 11 is 0. The van der Waals surface area contributed by atoms with E-state index in [2.05, 4.69) is 6.92 Å². The van der Waals surface area contributed by atoms with E-state index in [1.807, 2.05) is 0 Å². The van der Waals surface area contributed by atoms with Crippen molar-refractivity contribution in [2.45, 2.75) is 19.8 Å². The first-order valence-electron chi connectivity index (χ1n) is 3.78. The molecule has 9 heavy (non-hydrogen) atoms. The van der Waals surface area contributed by atoms with Gasteiger partial charge in [0.15, 0.2) is 0 Å². The van der Waals surface area contributed by atoms with E-state index in [0.29, 0.717) is 5.92 Å². The predicted molar refractivity (Wildman–Crippen MR) is 34.9 cm³/mol. The summed E-state index contributed by atoms with van der Waals surface area (Å²) in [6.07, 6.45) is 3.69. The Bertz CT molecular complexity index is 142. The fourth-order valence-electron chi connectivity index (χ4n) is 2.49. The summed E-state index contributed by atoms with van der Waals surface area (Å²) in [5, 5.41) is 0. The van der Waals surface area contributed by atoms with Gasteiger partial charge >= 0.3 is 0 Å². The summed E-state index contributed by atoms with van der Waals surface area (Å²) in [5.74, 6) is 2.97. The van der Waals surface area contributed by atoms with Crippen molar-refractivity contribution in [2.24, 2.45) is 23.7 Å². The Morgan fingerprint density at radius 3 is 2.44 bits per heavy atom. The highest BCUT2D eigenvalue weighted by atomic mass is 16.1. The zero-order valence-corrected chi connectivity index (χ0v) is 5.71. The molecule has 0 heterocycles. The Morgan fingerprint density at radius 2 is 2.22 bits per heavy atom. The van der Waals surface area contributed by atoms with E-state index in [1.54, 1.807) is 0 Å². The Labute approximate surface area is 55.4 Å². The normalized spacial score (nSPS) is 54.8. The Hall–Kier alpha value is -0.330. The Balaban J connectivity index is 2.11. The van der Waals surface area contributed by atoms with E-state index in [4.69, 9.17) is 0 Å². The smallest absolute Gasteiger partial charge is 0.123 e. The number of hydrogen-bond donors (Lipinski definition) is 0. The maximum Gasteiger partial charge on any atom is 0.123 e. The largest absolute Gasteiger partial charge is 0.303 e. The van der Waals surface area contributed by atoms with E-state index in [0.717, 1.165) is 24.0 Å². The average molecular weight is 124 g/mol. The van der Waals surface area contributed by atoms with Gasteiger partial charge < -0.3 is 4.79 Å². The maximum atomic E-state index is 10.4. The molecular formula is C8H12O. The van der Waals surface area contributed by atoms with Crippen molar-refractivity contribution in [2.75, 3.05) is 0 Å². The molecule has 0 aromatic heterocycles. The molecule has 0 spiro atoms. The second-order valence-corrected chi connectivity index (χ2v) is 3.55. The highest BCUT2D eigenvalue weighted by Crippen LogP contribution is 2.55. The number of carbonyl (C=O) groups excluding carboxylic acids is 1. The van der Waals surface area contributed by atoms with Crippen molar-refractivity contribution < 1.29 is 4.79 Å². The highest BCUT2D eigenvalue weighted by Gasteiger charge is 2.49. The number of rotatable bonds is 1. The highest BCUT2D eigenvalue weighted by molar-refractivity contribution is 5.56. The first kappa shape index (κ1) is 5.45. The first-order valence-corrected chi connectivity index (χ1v) is 3.78. The molecule has 1 nitrogen and oxygen atoms in total. The van der Waals surface area contributed by atoms with Crippen LogP contribution >= 0.6 is 0 Å². The lowest BCUT2D eigenvalue weighted by Crippen LogP contribution is -2.26. The second-order valence-electron chi connectivity index (χ2n) is 3.55. The summed E-state index contributed by atoms with van der Waals surface area (Å²) in [6.45, 7) is 2.28. The van der Waals surface area contributed by atoms with Gasteiger partial charge in [0.2, 0.25) is 0 Å². The molecule has 3 saturated carbocycles. The molecular weight excluding hydrogens is 112 g/mol. The van der Waals surface area contributed by atoms with Crippen LogP contribution in [0.5, 0.6) is 0 Å². The van der Waals surface area contributed by atoms with Gasteiger partial charge in [-0.15, -0.1) is 0 Å². The van der Waals surface area contributed by atoms with Crippen LogP contribution in [0.4, 0.5) is 0 Å². The van der Waals surface area contributed by atoms with Crippen LogP contribution in [0.25, 0.3) is 0 Å². The molecule has 2 bridgehead atoms. The molecule has 3 fully saturated rings. The SMILES string of the molecule is CC1C2CC(C=O)C1C2.